The number of nitro groups is 1. The van der Waals surface area contributed by atoms with Crippen molar-refractivity contribution in [2.75, 3.05) is 10.7 Å². The van der Waals surface area contributed by atoms with E-state index in [2.05, 4.69) is 16.2 Å². The van der Waals surface area contributed by atoms with Gasteiger partial charge in [0, 0.05) is 17.8 Å². The first kappa shape index (κ1) is 14.3. The molecule has 0 saturated carbocycles. The fourth-order valence-corrected chi connectivity index (χ4v) is 1.52. The summed E-state index contributed by atoms with van der Waals surface area (Å²) in [5.74, 6) is -0.387. The van der Waals surface area contributed by atoms with E-state index in [1.165, 1.54) is 48.5 Å². The number of carbonyl (C=O) groups is 1. The fraction of sp³-hybridized carbons (Fsp3) is 0. The standard InChI is InChI=1S/C13H11FN4O3/c14-9-4-6-10(7-5-9)16-17-13(19)15-11-2-1-3-12(8-11)18(20)21/h1-8,16H,(H2,15,17,19). The van der Waals surface area contributed by atoms with Crippen molar-refractivity contribution < 1.29 is 14.1 Å². The molecule has 2 amide bonds. The molecule has 0 spiro atoms. The van der Waals surface area contributed by atoms with E-state index in [1.54, 1.807) is 0 Å². The van der Waals surface area contributed by atoms with Gasteiger partial charge in [-0.15, -0.1) is 0 Å². The van der Waals surface area contributed by atoms with Crippen LogP contribution in [0.1, 0.15) is 0 Å². The Kier molecular flexibility index (Phi) is 4.30. The lowest BCUT2D eigenvalue weighted by Gasteiger charge is -2.09. The third-order valence-electron chi connectivity index (χ3n) is 2.48. The summed E-state index contributed by atoms with van der Waals surface area (Å²) in [5.41, 5.74) is 5.54. The maximum atomic E-state index is 12.7. The van der Waals surface area contributed by atoms with Crippen LogP contribution in [0.3, 0.4) is 0 Å². The molecule has 0 radical (unpaired) electrons. The number of nitrogens with zero attached hydrogens (tertiary/aromatic N) is 1. The van der Waals surface area contributed by atoms with E-state index in [9.17, 15) is 19.3 Å². The van der Waals surface area contributed by atoms with Crippen LogP contribution in [0.2, 0.25) is 0 Å². The van der Waals surface area contributed by atoms with E-state index in [4.69, 9.17) is 0 Å². The summed E-state index contributed by atoms with van der Waals surface area (Å²) in [6.45, 7) is 0. The Morgan fingerprint density at radius 1 is 1.10 bits per heavy atom. The van der Waals surface area contributed by atoms with Crippen molar-refractivity contribution in [3.63, 3.8) is 0 Å². The van der Waals surface area contributed by atoms with Gasteiger partial charge in [-0.25, -0.2) is 9.18 Å². The van der Waals surface area contributed by atoms with Crippen LogP contribution in [0, 0.1) is 15.9 Å². The monoisotopic (exact) mass is 290 g/mol. The number of halogens is 1. The van der Waals surface area contributed by atoms with Gasteiger partial charge in [-0.1, -0.05) is 6.07 Å². The molecule has 0 fully saturated rings. The van der Waals surface area contributed by atoms with Crippen molar-refractivity contribution in [1.82, 2.24) is 5.43 Å². The van der Waals surface area contributed by atoms with Gasteiger partial charge < -0.3 is 5.32 Å². The molecule has 0 aliphatic carbocycles. The van der Waals surface area contributed by atoms with Gasteiger partial charge in [0.2, 0.25) is 0 Å². The largest absolute Gasteiger partial charge is 0.337 e. The summed E-state index contributed by atoms with van der Waals surface area (Å²) in [7, 11) is 0. The Balaban J connectivity index is 1.91. The Morgan fingerprint density at radius 2 is 1.81 bits per heavy atom. The molecule has 0 bridgehead atoms. The molecule has 0 aliphatic heterocycles. The third-order valence-corrected chi connectivity index (χ3v) is 2.48. The summed E-state index contributed by atoms with van der Waals surface area (Å²) < 4.78 is 12.7. The van der Waals surface area contributed by atoms with Crippen LogP contribution >= 0.6 is 0 Å². The topological polar surface area (TPSA) is 96.3 Å². The summed E-state index contributed by atoms with van der Waals surface area (Å²) in [4.78, 5) is 21.7. The molecule has 0 heterocycles. The SMILES string of the molecule is O=C(NNc1ccc(F)cc1)Nc1cccc([N+](=O)[O-])c1. The second-order valence-electron chi connectivity index (χ2n) is 4.02. The number of nitro benzene ring substituents is 1. The zero-order valence-corrected chi connectivity index (χ0v) is 10.7. The smallest absolute Gasteiger partial charge is 0.306 e. The molecule has 0 aromatic heterocycles. The van der Waals surface area contributed by atoms with Crippen LogP contribution in [0.25, 0.3) is 0 Å². The van der Waals surface area contributed by atoms with Gasteiger partial charge in [0.15, 0.2) is 0 Å². The van der Waals surface area contributed by atoms with Crippen molar-refractivity contribution in [3.8, 4) is 0 Å². The van der Waals surface area contributed by atoms with Crippen LogP contribution in [0.5, 0.6) is 0 Å². The highest BCUT2D eigenvalue weighted by Gasteiger charge is 2.07. The van der Waals surface area contributed by atoms with Crippen LogP contribution in [0.15, 0.2) is 48.5 Å². The van der Waals surface area contributed by atoms with Crippen molar-refractivity contribution in [1.29, 1.82) is 0 Å². The highest BCUT2D eigenvalue weighted by molar-refractivity contribution is 5.90. The van der Waals surface area contributed by atoms with E-state index in [-0.39, 0.29) is 17.2 Å². The van der Waals surface area contributed by atoms with E-state index in [1.807, 2.05) is 0 Å². The summed E-state index contributed by atoms with van der Waals surface area (Å²) in [6.07, 6.45) is 0. The minimum atomic E-state index is -0.611. The average molecular weight is 290 g/mol. The predicted molar refractivity (Wildman–Crippen MR) is 75.3 cm³/mol. The first-order valence-electron chi connectivity index (χ1n) is 5.87. The van der Waals surface area contributed by atoms with Crippen LogP contribution in [-0.2, 0) is 0 Å². The second kappa shape index (κ2) is 6.33. The molecule has 108 valence electrons. The van der Waals surface area contributed by atoms with E-state index < -0.39 is 11.0 Å². The zero-order chi connectivity index (χ0) is 15.2. The zero-order valence-electron chi connectivity index (χ0n) is 10.7. The number of nitrogens with one attached hydrogen (secondary N) is 3. The normalized spacial score (nSPS) is 9.76. The number of carbonyl (C=O) groups excluding carboxylic acids is 1. The Hall–Kier alpha value is -3.16. The van der Waals surface area contributed by atoms with Crippen LogP contribution in [0.4, 0.5) is 26.2 Å². The first-order valence-corrected chi connectivity index (χ1v) is 5.87. The molecule has 0 unspecified atom stereocenters. The van der Waals surface area contributed by atoms with Gasteiger partial charge in [0.05, 0.1) is 10.6 Å². The number of amides is 2. The number of urea groups is 1. The maximum Gasteiger partial charge on any atom is 0.337 e. The number of benzene rings is 2. The Bertz CT molecular complexity index is 661. The summed E-state index contributed by atoms with van der Waals surface area (Å²) in [5, 5.41) is 13.0. The van der Waals surface area contributed by atoms with Crippen molar-refractivity contribution in [3.05, 3.63) is 64.5 Å². The van der Waals surface area contributed by atoms with E-state index >= 15 is 0 Å². The predicted octanol–water partition coefficient (Wildman–Crippen LogP) is 2.88. The molecule has 21 heavy (non-hydrogen) atoms. The third kappa shape index (κ3) is 4.16. The van der Waals surface area contributed by atoms with Gasteiger partial charge in [-0.3, -0.25) is 21.0 Å². The minimum Gasteiger partial charge on any atom is -0.306 e. The van der Waals surface area contributed by atoms with Crippen LogP contribution in [-0.4, -0.2) is 11.0 Å². The molecule has 0 atom stereocenters. The van der Waals surface area contributed by atoms with Gasteiger partial charge in [0.1, 0.15) is 5.82 Å². The summed E-state index contributed by atoms with van der Waals surface area (Å²) in [6, 6.07) is 10.3. The highest BCUT2D eigenvalue weighted by Crippen LogP contribution is 2.16. The van der Waals surface area contributed by atoms with E-state index in [0.717, 1.165) is 0 Å². The molecule has 0 saturated heterocycles. The molecule has 3 N–H and O–H groups in total. The number of hydrazine groups is 1. The van der Waals surface area contributed by atoms with Gasteiger partial charge >= 0.3 is 6.03 Å². The molecule has 2 rings (SSSR count). The lowest BCUT2D eigenvalue weighted by molar-refractivity contribution is -0.384. The van der Waals surface area contributed by atoms with Crippen molar-refractivity contribution in [2.45, 2.75) is 0 Å². The lowest BCUT2D eigenvalue weighted by Crippen LogP contribution is -2.33. The highest BCUT2D eigenvalue weighted by atomic mass is 19.1. The van der Waals surface area contributed by atoms with Crippen LogP contribution < -0.4 is 16.2 Å². The minimum absolute atomic E-state index is 0.126. The molecule has 0 aliphatic rings. The Morgan fingerprint density at radius 3 is 2.48 bits per heavy atom. The molecule has 8 heteroatoms. The van der Waals surface area contributed by atoms with Gasteiger partial charge in [0.25, 0.3) is 5.69 Å². The Labute approximate surface area is 118 Å². The van der Waals surface area contributed by atoms with Gasteiger partial charge in [-0.05, 0) is 30.3 Å². The number of hydrogen-bond donors (Lipinski definition) is 3. The number of hydrogen-bond acceptors (Lipinski definition) is 4. The maximum absolute atomic E-state index is 12.7. The quantitative estimate of drug-likeness (QED) is 0.596. The average Bonchev–Trinajstić information content (AvgIpc) is 2.47. The molecular formula is C13H11FN4O3. The second-order valence-corrected chi connectivity index (χ2v) is 4.02. The molecule has 2 aromatic rings. The fourth-order valence-electron chi connectivity index (χ4n) is 1.52. The number of anilines is 2. The van der Waals surface area contributed by atoms with Gasteiger partial charge in [-0.2, -0.15) is 0 Å². The lowest BCUT2D eigenvalue weighted by atomic mass is 10.3. The molecule has 2 aromatic carbocycles. The number of non-ortho nitro benzene ring substituents is 1. The molecular weight excluding hydrogens is 279 g/mol. The number of rotatable bonds is 4. The van der Waals surface area contributed by atoms with E-state index in [0.29, 0.717) is 5.69 Å². The summed E-state index contributed by atoms with van der Waals surface area (Å²) >= 11 is 0. The molecule has 7 nitrogen and oxygen atoms in total. The van der Waals surface area contributed by atoms with Crippen molar-refractivity contribution in [2.24, 2.45) is 0 Å². The first-order chi connectivity index (χ1) is 10.0. The van der Waals surface area contributed by atoms with Crippen molar-refractivity contribution >= 4 is 23.1 Å².